The molecule has 1 N–H and O–H groups in total. The number of nitrogens with zero attached hydrogens (tertiary/aromatic N) is 2. The van der Waals surface area contributed by atoms with E-state index in [1.54, 1.807) is 35.5 Å². The van der Waals surface area contributed by atoms with Crippen LogP contribution in [-0.4, -0.2) is 33.9 Å². The van der Waals surface area contributed by atoms with Crippen molar-refractivity contribution in [2.75, 3.05) is 13.2 Å². The number of imidazole rings is 1. The zero-order valence-corrected chi connectivity index (χ0v) is 13.4. The van der Waals surface area contributed by atoms with Gasteiger partial charge in [-0.1, -0.05) is 12.1 Å². The minimum atomic E-state index is -0.334. The van der Waals surface area contributed by atoms with Gasteiger partial charge in [0.05, 0.1) is 6.54 Å². The highest BCUT2D eigenvalue weighted by atomic mass is 19.1. The van der Waals surface area contributed by atoms with Crippen molar-refractivity contribution in [1.29, 1.82) is 0 Å². The Morgan fingerprint density at radius 2 is 2.04 bits per heavy atom. The van der Waals surface area contributed by atoms with Crippen molar-refractivity contribution in [1.82, 2.24) is 14.9 Å². The molecule has 1 amide bonds. The quantitative estimate of drug-likeness (QED) is 0.781. The zero-order chi connectivity index (χ0) is 17.2. The van der Waals surface area contributed by atoms with E-state index in [9.17, 15) is 9.18 Å². The third-order valence-corrected chi connectivity index (χ3v) is 4.19. The number of carbonyl (C=O) groups excluding carboxylic acids is 1. The third-order valence-electron chi connectivity index (χ3n) is 4.19. The maximum absolute atomic E-state index is 13.5. The Labute approximate surface area is 144 Å². The van der Waals surface area contributed by atoms with Crippen molar-refractivity contribution in [2.24, 2.45) is 0 Å². The molecule has 5 nitrogen and oxygen atoms in total. The number of hydrogen-bond donors (Lipinski definition) is 1. The van der Waals surface area contributed by atoms with E-state index < -0.39 is 0 Å². The van der Waals surface area contributed by atoms with Crippen LogP contribution in [0, 0.1) is 5.82 Å². The molecule has 0 radical (unpaired) electrons. The number of hydrogen-bond acceptors (Lipinski definition) is 3. The second kappa shape index (κ2) is 6.39. The highest BCUT2D eigenvalue weighted by Crippen LogP contribution is 2.25. The van der Waals surface area contributed by atoms with Crippen LogP contribution in [0.2, 0.25) is 0 Å². The van der Waals surface area contributed by atoms with Crippen LogP contribution in [0.3, 0.4) is 0 Å². The van der Waals surface area contributed by atoms with Gasteiger partial charge in [0.25, 0.3) is 5.91 Å². The van der Waals surface area contributed by atoms with Crippen LogP contribution in [-0.2, 0) is 6.54 Å². The second-order valence-electron chi connectivity index (χ2n) is 5.84. The molecule has 0 spiro atoms. The molecule has 0 bridgehead atoms. The maximum atomic E-state index is 13.5. The molecule has 1 aliphatic rings. The van der Waals surface area contributed by atoms with Crippen LogP contribution in [0.5, 0.6) is 5.75 Å². The number of nitrogens with one attached hydrogen (secondary N) is 1. The van der Waals surface area contributed by atoms with Gasteiger partial charge in [0.15, 0.2) is 0 Å². The second-order valence-corrected chi connectivity index (χ2v) is 5.84. The Hall–Kier alpha value is -3.15. The lowest BCUT2D eigenvalue weighted by atomic mass is 10.1. The summed E-state index contributed by atoms with van der Waals surface area (Å²) in [7, 11) is 0. The molecule has 0 aliphatic carbocycles. The summed E-state index contributed by atoms with van der Waals surface area (Å²) >= 11 is 0. The van der Waals surface area contributed by atoms with Gasteiger partial charge in [0.2, 0.25) is 0 Å². The number of ether oxygens (including phenoxy) is 1. The van der Waals surface area contributed by atoms with Crippen molar-refractivity contribution < 1.29 is 13.9 Å². The maximum Gasteiger partial charge on any atom is 0.254 e. The summed E-state index contributed by atoms with van der Waals surface area (Å²) in [5, 5.41) is 0. The number of rotatable bonds is 2. The fraction of sp³-hybridized carbons (Fsp3) is 0.158. The largest absolute Gasteiger partial charge is 0.491 e. The van der Waals surface area contributed by atoms with Gasteiger partial charge in [-0.2, -0.15) is 0 Å². The summed E-state index contributed by atoms with van der Waals surface area (Å²) in [5.74, 6) is 0.947. The number of halogens is 1. The highest BCUT2D eigenvalue weighted by molar-refractivity contribution is 5.94. The van der Waals surface area contributed by atoms with Crippen LogP contribution in [0.25, 0.3) is 11.4 Å². The molecule has 25 heavy (non-hydrogen) atoms. The molecule has 3 aromatic rings. The monoisotopic (exact) mass is 337 g/mol. The lowest BCUT2D eigenvalue weighted by Crippen LogP contribution is -2.32. The Bertz CT molecular complexity index is 892. The molecule has 6 heteroatoms. The van der Waals surface area contributed by atoms with Gasteiger partial charge >= 0.3 is 0 Å². The number of aromatic nitrogens is 2. The van der Waals surface area contributed by atoms with Crippen LogP contribution in [0.15, 0.2) is 54.9 Å². The molecule has 0 fully saturated rings. The van der Waals surface area contributed by atoms with E-state index in [2.05, 4.69) is 9.97 Å². The molecule has 126 valence electrons. The van der Waals surface area contributed by atoms with E-state index in [1.165, 1.54) is 12.1 Å². The van der Waals surface area contributed by atoms with Gasteiger partial charge in [-0.25, -0.2) is 9.37 Å². The van der Waals surface area contributed by atoms with E-state index in [-0.39, 0.29) is 11.7 Å². The first-order valence-corrected chi connectivity index (χ1v) is 8.01. The van der Waals surface area contributed by atoms with Gasteiger partial charge < -0.3 is 14.6 Å². The SMILES string of the molecule is O=C(c1ccc(-c2ncc[nH]2)cc1)N1CCOc2ccc(F)cc2C1. The number of amides is 1. The van der Waals surface area contributed by atoms with Crippen molar-refractivity contribution in [3.8, 4) is 17.1 Å². The highest BCUT2D eigenvalue weighted by Gasteiger charge is 2.21. The number of fused-ring (bicyclic) bond motifs is 1. The average Bonchev–Trinajstić information content (AvgIpc) is 3.09. The first-order valence-electron chi connectivity index (χ1n) is 8.01. The molecule has 0 atom stereocenters. The molecule has 2 aromatic carbocycles. The smallest absolute Gasteiger partial charge is 0.254 e. The molecule has 1 aromatic heterocycles. The molecular weight excluding hydrogens is 321 g/mol. The molecule has 0 saturated heterocycles. The molecule has 0 unspecified atom stereocenters. The minimum Gasteiger partial charge on any atom is -0.491 e. The Kier molecular flexibility index (Phi) is 3.93. The van der Waals surface area contributed by atoms with Gasteiger partial charge in [-0.3, -0.25) is 4.79 Å². The Balaban J connectivity index is 1.56. The Morgan fingerprint density at radius 1 is 1.20 bits per heavy atom. The molecule has 1 aliphatic heterocycles. The first-order chi connectivity index (χ1) is 12.2. The predicted octanol–water partition coefficient (Wildman–Crippen LogP) is 3.25. The number of carbonyl (C=O) groups is 1. The first kappa shape index (κ1) is 15.4. The fourth-order valence-electron chi connectivity index (χ4n) is 2.91. The average molecular weight is 337 g/mol. The van der Waals surface area contributed by atoms with Crippen LogP contribution in [0.4, 0.5) is 4.39 Å². The summed E-state index contributed by atoms with van der Waals surface area (Å²) in [5.41, 5.74) is 2.17. The minimum absolute atomic E-state index is 0.105. The molecular formula is C19H16FN3O2. The number of benzene rings is 2. The lowest BCUT2D eigenvalue weighted by Gasteiger charge is -2.20. The van der Waals surface area contributed by atoms with Crippen LogP contribution in [0.1, 0.15) is 15.9 Å². The summed E-state index contributed by atoms with van der Waals surface area (Å²) in [6.07, 6.45) is 3.43. The topological polar surface area (TPSA) is 58.2 Å². The van der Waals surface area contributed by atoms with Crippen LogP contribution >= 0.6 is 0 Å². The number of H-pyrrole nitrogens is 1. The molecule has 2 heterocycles. The third kappa shape index (κ3) is 3.10. The van der Waals surface area contributed by atoms with Gasteiger partial charge in [-0.05, 0) is 30.3 Å². The van der Waals surface area contributed by atoms with E-state index in [1.807, 2.05) is 12.1 Å². The predicted molar refractivity (Wildman–Crippen MR) is 90.7 cm³/mol. The van der Waals surface area contributed by atoms with Gasteiger partial charge in [-0.15, -0.1) is 0 Å². The molecule has 4 rings (SSSR count). The number of aromatic amines is 1. The van der Waals surface area contributed by atoms with Crippen LogP contribution < -0.4 is 4.74 Å². The van der Waals surface area contributed by atoms with E-state index >= 15 is 0 Å². The summed E-state index contributed by atoms with van der Waals surface area (Å²) in [6, 6.07) is 11.7. The van der Waals surface area contributed by atoms with E-state index in [0.717, 1.165) is 11.4 Å². The zero-order valence-electron chi connectivity index (χ0n) is 13.4. The van der Waals surface area contributed by atoms with Crippen molar-refractivity contribution >= 4 is 5.91 Å². The van der Waals surface area contributed by atoms with Gasteiger partial charge in [0.1, 0.15) is 24.0 Å². The van der Waals surface area contributed by atoms with Gasteiger partial charge in [0, 0.05) is 35.6 Å². The Morgan fingerprint density at radius 3 is 2.80 bits per heavy atom. The summed E-state index contributed by atoms with van der Waals surface area (Å²) in [4.78, 5) is 21.7. The summed E-state index contributed by atoms with van der Waals surface area (Å²) in [6.45, 7) is 1.16. The van der Waals surface area contributed by atoms with Crippen molar-refractivity contribution in [2.45, 2.75) is 6.54 Å². The normalized spacial score (nSPS) is 13.7. The fourth-order valence-corrected chi connectivity index (χ4v) is 2.91. The lowest BCUT2D eigenvalue weighted by molar-refractivity contribution is 0.0733. The van der Waals surface area contributed by atoms with E-state index in [4.69, 9.17) is 4.74 Å². The molecule has 0 saturated carbocycles. The van der Waals surface area contributed by atoms with E-state index in [0.29, 0.717) is 36.6 Å². The van der Waals surface area contributed by atoms with Crippen molar-refractivity contribution in [3.63, 3.8) is 0 Å². The standard InChI is InChI=1S/C19H16FN3O2/c20-16-5-6-17-15(11-16)12-23(9-10-25-17)19(24)14-3-1-13(2-4-14)18-21-7-8-22-18/h1-8,11H,9-10,12H2,(H,21,22). The summed E-state index contributed by atoms with van der Waals surface area (Å²) < 4.78 is 19.1. The van der Waals surface area contributed by atoms with Crippen molar-refractivity contribution in [3.05, 3.63) is 71.8 Å².